The van der Waals surface area contributed by atoms with Gasteiger partial charge in [-0.15, -0.1) is 0 Å². The maximum atomic E-state index is 12.7. The van der Waals surface area contributed by atoms with E-state index < -0.39 is 5.95 Å². The Morgan fingerprint density at radius 1 is 1.73 bits per heavy atom. The van der Waals surface area contributed by atoms with Crippen LogP contribution in [0.15, 0.2) is 10.5 Å². The summed E-state index contributed by atoms with van der Waals surface area (Å²) in [5, 5.41) is 0. The van der Waals surface area contributed by atoms with Crippen molar-refractivity contribution in [1.82, 2.24) is 4.98 Å². The van der Waals surface area contributed by atoms with Crippen LogP contribution in [0.1, 0.15) is 16.1 Å². The van der Waals surface area contributed by atoms with Crippen molar-refractivity contribution in [2.24, 2.45) is 0 Å². The molecular weight excluding hydrogens is 213 g/mol. The lowest BCUT2D eigenvalue weighted by Crippen LogP contribution is -1.95. The van der Waals surface area contributed by atoms with Gasteiger partial charge in [0, 0.05) is 4.47 Å². The van der Waals surface area contributed by atoms with Gasteiger partial charge in [-0.05, 0) is 28.9 Å². The van der Waals surface area contributed by atoms with Crippen molar-refractivity contribution in [1.29, 1.82) is 0 Å². The van der Waals surface area contributed by atoms with Crippen LogP contribution in [0.3, 0.4) is 0 Å². The maximum absolute atomic E-state index is 12.7. The van der Waals surface area contributed by atoms with Gasteiger partial charge in [-0.2, -0.15) is 4.39 Å². The fraction of sp³-hybridized carbons (Fsp3) is 0.143. The summed E-state index contributed by atoms with van der Waals surface area (Å²) in [6, 6.07) is 1.41. The fourth-order valence-corrected chi connectivity index (χ4v) is 0.984. The Labute approximate surface area is 71.6 Å². The van der Waals surface area contributed by atoms with Crippen LogP contribution in [0.4, 0.5) is 4.39 Å². The minimum Gasteiger partial charge on any atom is -0.298 e. The zero-order valence-corrected chi connectivity index (χ0v) is 7.35. The maximum Gasteiger partial charge on any atom is 0.223 e. The molecule has 0 atom stereocenters. The second kappa shape index (κ2) is 3.09. The number of carbonyl (C=O) groups excluding carboxylic acids is 1. The van der Waals surface area contributed by atoms with Gasteiger partial charge < -0.3 is 0 Å². The molecule has 0 spiro atoms. The molecule has 11 heavy (non-hydrogen) atoms. The van der Waals surface area contributed by atoms with E-state index in [-0.39, 0.29) is 5.56 Å². The number of halogens is 2. The highest BCUT2D eigenvalue weighted by Crippen LogP contribution is 2.16. The summed E-state index contributed by atoms with van der Waals surface area (Å²) in [7, 11) is 0. The zero-order valence-electron chi connectivity index (χ0n) is 5.77. The number of carbonyl (C=O) groups is 1. The number of pyridine rings is 1. The second-order valence-electron chi connectivity index (χ2n) is 2.05. The summed E-state index contributed by atoms with van der Waals surface area (Å²) in [6.07, 6.45) is 0.437. The van der Waals surface area contributed by atoms with Gasteiger partial charge in [-0.25, -0.2) is 4.98 Å². The van der Waals surface area contributed by atoms with Crippen molar-refractivity contribution in [3.8, 4) is 0 Å². The minimum absolute atomic E-state index is 0.0255. The Bertz CT molecular complexity index is 301. The van der Waals surface area contributed by atoms with Crippen LogP contribution >= 0.6 is 15.9 Å². The van der Waals surface area contributed by atoms with Crippen molar-refractivity contribution in [3.05, 3.63) is 27.7 Å². The van der Waals surface area contributed by atoms with E-state index in [4.69, 9.17) is 0 Å². The van der Waals surface area contributed by atoms with Crippen LogP contribution in [-0.2, 0) is 0 Å². The number of nitrogens with zero attached hydrogens (tertiary/aromatic N) is 1. The van der Waals surface area contributed by atoms with E-state index in [9.17, 15) is 9.18 Å². The van der Waals surface area contributed by atoms with Crippen LogP contribution < -0.4 is 0 Å². The molecule has 0 aliphatic rings. The molecule has 0 saturated carbocycles. The predicted molar refractivity (Wildman–Crippen MR) is 42.0 cm³/mol. The summed E-state index contributed by atoms with van der Waals surface area (Å²) in [6.45, 7) is 1.65. The molecule has 0 unspecified atom stereocenters. The number of aryl methyl sites for hydroxylation is 1. The first-order chi connectivity index (χ1) is 5.15. The molecule has 4 heteroatoms. The molecule has 0 fully saturated rings. The molecular formula is C7H5BrFNO. The average molecular weight is 218 g/mol. The van der Waals surface area contributed by atoms with Gasteiger partial charge in [0.25, 0.3) is 0 Å². The Kier molecular flexibility index (Phi) is 2.34. The Morgan fingerprint density at radius 3 is 2.91 bits per heavy atom. The number of hydrogen-bond donors (Lipinski definition) is 0. The molecule has 0 saturated heterocycles. The normalized spacial score (nSPS) is 9.73. The molecule has 1 rings (SSSR count). The van der Waals surface area contributed by atoms with Crippen molar-refractivity contribution in [2.45, 2.75) is 6.92 Å². The lowest BCUT2D eigenvalue weighted by molar-refractivity contribution is 0.111. The van der Waals surface area contributed by atoms with Crippen LogP contribution in [0, 0.1) is 12.9 Å². The third kappa shape index (κ3) is 1.63. The molecule has 0 N–H and O–H groups in total. The van der Waals surface area contributed by atoms with Gasteiger partial charge >= 0.3 is 0 Å². The highest BCUT2D eigenvalue weighted by atomic mass is 79.9. The largest absolute Gasteiger partial charge is 0.298 e. The third-order valence-corrected chi connectivity index (χ3v) is 2.06. The smallest absolute Gasteiger partial charge is 0.223 e. The zero-order chi connectivity index (χ0) is 8.43. The standard InChI is InChI=1S/C7H5BrFNO/c1-4-6(8)2-5(3-11)7(9)10-4/h2-3H,1H3. The van der Waals surface area contributed by atoms with Crippen molar-refractivity contribution < 1.29 is 9.18 Å². The van der Waals surface area contributed by atoms with E-state index in [1.807, 2.05) is 0 Å². The molecule has 1 aromatic rings. The van der Waals surface area contributed by atoms with E-state index in [0.29, 0.717) is 16.5 Å². The molecule has 0 aromatic carbocycles. The van der Waals surface area contributed by atoms with Gasteiger partial charge in [0.2, 0.25) is 5.95 Å². The van der Waals surface area contributed by atoms with Gasteiger partial charge in [-0.1, -0.05) is 0 Å². The quantitative estimate of drug-likeness (QED) is 0.533. The summed E-state index contributed by atoms with van der Waals surface area (Å²) in [5.74, 6) is -0.722. The lowest BCUT2D eigenvalue weighted by atomic mass is 10.3. The average Bonchev–Trinajstić information content (AvgIpc) is 1.97. The number of aldehydes is 1. The monoisotopic (exact) mass is 217 g/mol. The molecule has 0 aliphatic heterocycles. The van der Waals surface area contributed by atoms with E-state index in [1.165, 1.54) is 6.07 Å². The fourth-order valence-electron chi connectivity index (χ4n) is 0.648. The Hall–Kier alpha value is -0.770. The SMILES string of the molecule is Cc1nc(F)c(C=O)cc1Br. The van der Waals surface area contributed by atoms with E-state index in [2.05, 4.69) is 20.9 Å². The Morgan fingerprint density at radius 2 is 2.36 bits per heavy atom. The van der Waals surface area contributed by atoms with Gasteiger partial charge in [0.05, 0.1) is 11.3 Å². The first kappa shape index (κ1) is 8.33. The van der Waals surface area contributed by atoms with Gasteiger partial charge in [0.15, 0.2) is 6.29 Å². The van der Waals surface area contributed by atoms with E-state index in [1.54, 1.807) is 6.92 Å². The number of rotatable bonds is 1. The van der Waals surface area contributed by atoms with E-state index in [0.717, 1.165) is 0 Å². The summed E-state index contributed by atoms with van der Waals surface area (Å²) < 4.78 is 13.3. The van der Waals surface area contributed by atoms with Crippen molar-refractivity contribution >= 4 is 22.2 Å². The highest BCUT2D eigenvalue weighted by molar-refractivity contribution is 9.10. The minimum atomic E-state index is -0.722. The topological polar surface area (TPSA) is 30.0 Å². The first-order valence-electron chi connectivity index (χ1n) is 2.93. The lowest BCUT2D eigenvalue weighted by Gasteiger charge is -1.98. The van der Waals surface area contributed by atoms with Crippen LogP contribution in [0.5, 0.6) is 0 Å². The molecule has 58 valence electrons. The first-order valence-corrected chi connectivity index (χ1v) is 3.72. The predicted octanol–water partition coefficient (Wildman–Crippen LogP) is 2.10. The molecule has 0 radical (unpaired) electrons. The Balaban J connectivity index is 3.31. The number of hydrogen-bond acceptors (Lipinski definition) is 2. The molecule has 0 amide bonds. The summed E-state index contributed by atoms with van der Waals surface area (Å²) in [4.78, 5) is 13.7. The molecule has 0 aliphatic carbocycles. The molecule has 2 nitrogen and oxygen atoms in total. The van der Waals surface area contributed by atoms with Crippen LogP contribution in [-0.4, -0.2) is 11.3 Å². The van der Waals surface area contributed by atoms with Crippen LogP contribution in [0.25, 0.3) is 0 Å². The van der Waals surface area contributed by atoms with Crippen LogP contribution in [0.2, 0.25) is 0 Å². The van der Waals surface area contributed by atoms with Gasteiger partial charge in [-0.3, -0.25) is 4.79 Å². The summed E-state index contributed by atoms with van der Waals surface area (Å²) in [5.41, 5.74) is 0.510. The third-order valence-electron chi connectivity index (χ3n) is 1.26. The second-order valence-corrected chi connectivity index (χ2v) is 2.91. The molecule has 0 bridgehead atoms. The number of aromatic nitrogens is 1. The summed E-state index contributed by atoms with van der Waals surface area (Å²) >= 11 is 3.13. The van der Waals surface area contributed by atoms with Crippen molar-refractivity contribution in [2.75, 3.05) is 0 Å². The van der Waals surface area contributed by atoms with Crippen molar-refractivity contribution in [3.63, 3.8) is 0 Å². The highest BCUT2D eigenvalue weighted by Gasteiger charge is 2.05. The molecule has 1 aromatic heterocycles. The van der Waals surface area contributed by atoms with Gasteiger partial charge in [0.1, 0.15) is 0 Å². The molecule has 1 heterocycles. The van der Waals surface area contributed by atoms with E-state index >= 15 is 0 Å².